The van der Waals surface area contributed by atoms with Gasteiger partial charge in [0.15, 0.2) is 0 Å². The number of carbonyl (C=O) groups excluding carboxylic acids is 2. The number of nitriles is 1. The molecule has 0 fully saturated rings. The van der Waals surface area contributed by atoms with E-state index in [2.05, 4.69) is 4.74 Å². The van der Waals surface area contributed by atoms with Crippen LogP contribution in [0.4, 0.5) is 0 Å². The molecule has 0 bridgehead atoms. The molecule has 0 saturated carbocycles. The topological polar surface area (TPSA) is 67.2 Å². The Labute approximate surface area is 86.4 Å². The van der Waals surface area contributed by atoms with Gasteiger partial charge < -0.3 is 4.74 Å². The minimum Gasteiger partial charge on any atom is -0.391 e. The summed E-state index contributed by atoms with van der Waals surface area (Å²) in [6.45, 7) is -0.00148. The van der Waals surface area contributed by atoms with E-state index in [9.17, 15) is 9.59 Å². The number of rotatable bonds is 3. The third kappa shape index (κ3) is 3.08. The summed E-state index contributed by atoms with van der Waals surface area (Å²) in [5, 5.41) is 8.65. The highest BCUT2D eigenvalue weighted by Crippen LogP contribution is 2.06. The van der Waals surface area contributed by atoms with E-state index in [-0.39, 0.29) is 12.0 Å². The van der Waals surface area contributed by atoms with Crippen molar-refractivity contribution in [1.82, 2.24) is 0 Å². The molecule has 0 spiro atoms. The first-order valence-corrected chi connectivity index (χ1v) is 4.09. The van der Waals surface area contributed by atoms with Crippen molar-refractivity contribution in [3.8, 4) is 6.07 Å². The molecule has 0 radical (unpaired) electrons. The zero-order chi connectivity index (χ0) is 11.1. The van der Waals surface area contributed by atoms with Crippen LogP contribution in [0.2, 0.25) is 0 Å². The van der Waals surface area contributed by atoms with Gasteiger partial charge in [-0.05, 0) is 11.6 Å². The number of benzene rings is 1. The molecule has 0 aliphatic rings. The van der Waals surface area contributed by atoms with Crippen molar-refractivity contribution in [3.05, 3.63) is 41.5 Å². The van der Waals surface area contributed by atoms with Gasteiger partial charge in [-0.1, -0.05) is 30.3 Å². The Balaban J connectivity index is 2.94. The number of hydrogen-bond acceptors (Lipinski definition) is 4. The molecule has 4 nitrogen and oxygen atoms in total. The first-order chi connectivity index (χ1) is 7.27. The Kier molecular flexibility index (Phi) is 3.80. The summed E-state index contributed by atoms with van der Waals surface area (Å²) in [6.07, 6.45) is 1.35. The average Bonchev–Trinajstić information content (AvgIpc) is 2.27. The minimum atomic E-state index is -0.948. The lowest BCUT2D eigenvalue weighted by molar-refractivity contribution is -0.147. The summed E-state index contributed by atoms with van der Waals surface area (Å²) in [6, 6.07) is 10.5. The van der Waals surface area contributed by atoms with Gasteiger partial charge in [0.1, 0.15) is 11.6 Å². The third-order valence-corrected chi connectivity index (χ3v) is 1.61. The zero-order valence-corrected chi connectivity index (χ0v) is 7.71. The fourth-order valence-corrected chi connectivity index (χ4v) is 0.960. The molecule has 0 atom stereocenters. The lowest BCUT2D eigenvalue weighted by Gasteiger charge is -1.95. The quantitative estimate of drug-likeness (QED) is 0.243. The van der Waals surface area contributed by atoms with Gasteiger partial charge >= 0.3 is 12.4 Å². The van der Waals surface area contributed by atoms with Gasteiger partial charge in [-0.2, -0.15) is 5.26 Å². The maximum absolute atomic E-state index is 11.0. The highest BCUT2D eigenvalue weighted by Gasteiger charge is 2.09. The van der Waals surface area contributed by atoms with Crippen molar-refractivity contribution < 1.29 is 14.3 Å². The Bertz CT molecular complexity index is 429. The molecule has 0 amide bonds. The van der Waals surface area contributed by atoms with Crippen molar-refractivity contribution >= 4 is 18.5 Å². The van der Waals surface area contributed by atoms with E-state index in [0.29, 0.717) is 5.56 Å². The second-order valence-corrected chi connectivity index (χ2v) is 2.58. The van der Waals surface area contributed by atoms with Crippen LogP contribution in [0, 0.1) is 11.3 Å². The molecule has 0 aliphatic carbocycles. The van der Waals surface area contributed by atoms with Gasteiger partial charge in [-0.25, -0.2) is 4.79 Å². The van der Waals surface area contributed by atoms with E-state index >= 15 is 0 Å². The Hall–Kier alpha value is -2.41. The highest BCUT2D eigenvalue weighted by molar-refractivity contribution is 6.00. The molecule has 4 heteroatoms. The van der Waals surface area contributed by atoms with Gasteiger partial charge in [0.2, 0.25) is 0 Å². The molecule has 15 heavy (non-hydrogen) atoms. The summed E-state index contributed by atoms with van der Waals surface area (Å²) >= 11 is 0. The lowest BCUT2D eigenvalue weighted by Crippen LogP contribution is -2.04. The monoisotopic (exact) mass is 201 g/mol. The summed E-state index contributed by atoms with van der Waals surface area (Å²) in [5.74, 6) is -0.948. The molecule has 1 aromatic carbocycles. The molecular weight excluding hydrogens is 194 g/mol. The second-order valence-electron chi connectivity index (χ2n) is 2.58. The van der Waals surface area contributed by atoms with Crippen molar-refractivity contribution in [1.29, 1.82) is 5.26 Å². The van der Waals surface area contributed by atoms with Crippen LogP contribution in [0.15, 0.2) is 35.9 Å². The van der Waals surface area contributed by atoms with Crippen molar-refractivity contribution in [3.63, 3.8) is 0 Å². The van der Waals surface area contributed by atoms with E-state index in [1.165, 1.54) is 6.08 Å². The van der Waals surface area contributed by atoms with Gasteiger partial charge in [-0.15, -0.1) is 0 Å². The number of ether oxygens (including phenoxy) is 1. The predicted molar refractivity (Wildman–Crippen MR) is 52.2 cm³/mol. The maximum Gasteiger partial charge on any atom is 0.356 e. The van der Waals surface area contributed by atoms with Gasteiger partial charge in [-0.3, -0.25) is 4.79 Å². The van der Waals surface area contributed by atoms with Crippen LogP contribution in [0.3, 0.4) is 0 Å². The average molecular weight is 201 g/mol. The minimum absolute atomic E-state index is 0.00148. The van der Waals surface area contributed by atoms with Gasteiger partial charge in [0.25, 0.3) is 0 Å². The number of hydrogen-bond donors (Lipinski definition) is 0. The third-order valence-electron chi connectivity index (χ3n) is 1.61. The second kappa shape index (κ2) is 5.35. The van der Waals surface area contributed by atoms with E-state index in [1.807, 2.05) is 6.07 Å². The number of esters is 1. The predicted octanol–water partition coefficient (Wildman–Crippen LogP) is 1.29. The fraction of sp³-hybridized carbons (Fsp3) is 0. The smallest absolute Gasteiger partial charge is 0.356 e. The number of carbonyl (C=O) groups is 2. The van der Waals surface area contributed by atoms with Gasteiger partial charge in [0.05, 0.1) is 0 Å². The Morgan fingerprint density at radius 1 is 1.33 bits per heavy atom. The van der Waals surface area contributed by atoms with Crippen LogP contribution < -0.4 is 0 Å². The van der Waals surface area contributed by atoms with E-state index in [0.717, 1.165) is 0 Å². The number of nitrogens with zero attached hydrogens (tertiary/aromatic N) is 1. The summed E-state index contributed by atoms with van der Waals surface area (Å²) in [7, 11) is 0. The highest BCUT2D eigenvalue weighted by atomic mass is 16.6. The van der Waals surface area contributed by atoms with Crippen LogP contribution in [-0.4, -0.2) is 12.4 Å². The maximum atomic E-state index is 11.0. The van der Waals surface area contributed by atoms with Gasteiger partial charge in [0, 0.05) is 0 Å². The van der Waals surface area contributed by atoms with Crippen LogP contribution in [0.1, 0.15) is 5.56 Å². The molecule has 0 unspecified atom stereocenters. The van der Waals surface area contributed by atoms with Crippen molar-refractivity contribution in [2.75, 3.05) is 0 Å². The zero-order valence-electron chi connectivity index (χ0n) is 7.71. The molecule has 74 valence electrons. The molecule has 0 N–H and O–H groups in total. The first-order valence-electron chi connectivity index (χ1n) is 4.09. The molecule has 0 saturated heterocycles. The van der Waals surface area contributed by atoms with E-state index < -0.39 is 5.97 Å². The Morgan fingerprint density at radius 2 is 2.00 bits per heavy atom. The largest absolute Gasteiger partial charge is 0.391 e. The van der Waals surface area contributed by atoms with E-state index in [1.54, 1.807) is 30.3 Å². The Morgan fingerprint density at radius 3 is 2.53 bits per heavy atom. The fourth-order valence-electron chi connectivity index (χ4n) is 0.960. The lowest BCUT2D eigenvalue weighted by atomic mass is 10.1. The van der Waals surface area contributed by atoms with Crippen LogP contribution in [0.5, 0.6) is 0 Å². The molecule has 1 rings (SSSR count). The van der Waals surface area contributed by atoms with Crippen LogP contribution >= 0.6 is 0 Å². The van der Waals surface area contributed by atoms with Crippen molar-refractivity contribution in [2.24, 2.45) is 0 Å². The molecule has 0 aromatic heterocycles. The molecule has 0 heterocycles. The standard InChI is InChI=1S/C11H7NO3/c12-7-10(11(14)15-8-13)6-9-4-2-1-3-5-9/h1-6,8H/b10-6+. The van der Waals surface area contributed by atoms with Crippen LogP contribution in [-0.2, 0) is 14.3 Å². The first kappa shape index (κ1) is 10.7. The van der Waals surface area contributed by atoms with E-state index in [4.69, 9.17) is 5.26 Å². The molecular formula is C11H7NO3. The SMILES string of the molecule is N#C/C(=C\c1ccccc1)C(=O)OC=O. The van der Waals surface area contributed by atoms with Crippen LogP contribution in [0.25, 0.3) is 6.08 Å². The normalized spacial score (nSPS) is 10.2. The summed E-state index contributed by atoms with van der Waals surface area (Å²) in [4.78, 5) is 20.9. The molecule has 0 aliphatic heterocycles. The molecule has 1 aromatic rings. The van der Waals surface area contributed by atoms with Crippen molar-refractivity contribution in [2.45, 2.75) is 0 Å². The summed E-state index contributed by atoms with van der Waals surface area (Å²) in [5.41, 5.74) is 0.477. The summed E-state index contributed by atoms with van der Waals surface area (Å²) < 4.78 is 4.06.